The molecular weight excluding hydrogens is 246 g/mol. The maximum Gasteiger partial charge on any atom is 0.151 e. The quantitative estimate of drug-likeness (QED) is 0.854. The molecule has 2 rings (SSSR count). The van der Waals surface area contributed by atoms with E-state index in [1.807, 2.05) is 0 Å². The molecule has 1 N–H and O–H groups in total. The third-order valence-electron chi connectivity index (χ3n) is 4.65. The summed E-state index contributed by atoms with van der Waals surface area (Å²) in [5.41, 5.74) is -0.0133. The van der Waals surface area contributed by atoms with Gasteiger partial charge in [-0.25, -0.2) is 8.42 Å². The third kappa shape index (κ3) is 3.27. The fraction of sp³-hybridized carbons (Fsp3) is 1.00. The van der Waals surface area contributed by atoms with Crippen LogP contribution in [0.15, 0.2) is 0 Å². The molecule has 18 heavy (non-hydrogen) atoms. The van der Waals surface area contributed by atoms with Crippen molar-refractivity contribution in [3.63, 3.8) is 0 Å². The number of sulfone groups is 1. The van der Waals surface area contributed by atoms with Gasteiger partial charge in [0.1, 0.15) is 0 Å². The maximum absolute atomic E-state index is 12.1. The van der Waals surface area contributed by atoms with Crippen LogP contribution in [0.3, 0.4) is 0 Å². The van der Waals surface area contributed by atoms with E-state index >= 15 is 0 Å². The van der Waals surface area contributed by atoms with Gasteiger partial charge in [0.25, 0.3) is 0 Å². The third-order valence-corrected chi connectivity index (χ3v) is 6.27. The van der Waals surface area contributed by atoms with Crippen LogP contribution < -0.4 is 5.32 Å². The van der Waals surface area contributed by atoms with E-state index in [1.165, 1.54) is 25.5 Å². The molecule has 0 spiro atoms. The Labute approximate surface area is 112 Å². The second-order valence-corrected chi connectivity index (χ2v) is 9.60. The average Bonchev–Trinajstić information content (AvgIpc) is 2.74. The number of rotatable bonds is 4. The monoisotopic (exact) mass is 273 g/mol. The molecule has 0 saturated heterocycles. The molecule has 4 atom stereocenters. The van der Waals surface area contributed by atoms with Gasteiger partial charge in [-0.3, -0.25) is 0 Å². The lowest BCUT2D eigenvalue weighted by Crippen LogP contribution is -2.46. The first-order chi connectivity index (χ1) is 8.17. The number of fused-ring (bicyclic) bond motifs is 2. The molecule has 0 amide bonds. The van der Waals surface area contributed by atoms with Gasteiger partial charge in [0.2, 0.25) is 0 Å². The van der Waals surface area contributed by atoms with Crippen molar-refractivity contribution in [2.45, 2.75) is 57.2 Å². The lowest BCUT2D eigenvalue weighted by Gasteiger charge is -2.32. The van der Waals surface area contributed by atoms with E-state index in [9.17, 15) is 8.42 Å². The largest absolute Gasteiger partial charge is 0.311 e. The predicted octanol–water partition coefficient (Wildman–Crippen LogP) is 2.22. The summed E-state index contributed by atoms with van der Waals surface area (Å²) in [6, 6.07) is 0. The van der Waals surface area contributed by atoms with Crippen molar-refractivity contribution in [3.05, 3.63) is 0 Å². The first-order valence-electron chi connectivity index (χ1n) is 7.11. The summed E-state index contributed by atoms with van der Waals surface area (Å²) in [7, 11) is -2.96. The number of nitrogens with one attached hydrogen (secondary N) is 1. The molecule has 0 aromatic heterocycles. The SMILES string of the molecule is CC(C)(C)NCC(C1CC2CCC1C2)S(C)(=O)=O. The maximum atomic E-state index is 12.1. The van der Waals surface area contributed by atoms with Crippen molar-refractivity contribution < 1.29 is 8.42 Å². The molecule has 0 aromatic rings. The summed E-state index contributed by atoms with van der Waals surface area (Å²) in [6.45, 7) is 6.88. The van der Waals surface area contributed by atoms with Crippen LogP contribution in [0.4, 0.5) is 0 Å². The zero-order chi connectivity index (χ0) is 13.6. The van der Waals surface area contributed by atoms with Crippen molar-refractivity contribution in [2.24, 2.45) is 17.8 Å². The van der Waals surface area contributed by atoms with Crippen molar-refractivity contribution in [3.8, 4) is 0 Å². The average molecular weight is 273 g/mol. The standard InChI is InChI=1S/C14H27NO2S/c1-14(2,3)15-9-13(18(4,16)17)12-8-10-5-6-11(12)7-10/h10-13,15H,5-9H2,1-4H3. The zero-order valence-corrected chi connectivity index (χ0v) is 12.9. The van der Waals surface area contributed by atoms with E-state index in [4.69, 9.17) is 0 Å². The smallest absolute Gasteiger partial charge is 0.151 e. The highest BCUT2D eigenvalue weighted by Crippen LogP contribution is 2.50. The summed E-state index contributed by atoms with van der Waals surface area (Å²) in [5.74, 6) is 1.86. The van der Waals surface area contributed by atoms with Crippen LogP contribution in [0.5, 0.6) is 0 Å². The molecule has 2 bridgehead atoms. The van der Waals surface area contributed by atoms with Gasteiger partial charge in [-0.1, -0.05) is 6.42 Å². The molecule has 3 nitrogen and oxygen atoms in total. The Kier molecular flexibility index (Phi) is 3.81. The molecule has 0 radical (unpaired) electrons. The van der Waals surface area contributed by atoms with Gasteiger partial charge in [0.15, 0.2) is 9.84 Å². The van der Waals surface area contributed by atoms with Crippen molar-refractivity contribution in [1.82, 2.24) is 5.32 Å². The summed E-state index contributed by atoms with van der Waals surface area (Å²) >= 11 is 0. The van der Waals surface area contributed by atoms with Crippen LogP contribution in [0.2, 0.25) is 0 Å². The van der Waals surface area contributed by atoms with Gasteiger partial charge >= 0.3 is 0 Å². The van der Waals surface area contributed by atoms with Gasteiger partial charge in [-0.15, -0.1) is 0 Å². The Morgan fingerprint density at radius 3 is 2.28 bits per heavy atom. The fourth-order valence-corrected chi connectivity index (χ4v) is 5.13. The first kappa shape index (κ1) is 14.3. The predicted molar refractivity (Wildman–Crippen MR) is 75.3 cm³/mol. The Balaban J connectivity index is 2.07. The van der Waals surface area contributed by atoms with Crippen LogP contribution in [-0.4, -0.2) is 32.0 Å². The number of hydrogen-bond donors (Lipinski definition) is 1. The highest BCUT2D eigenvalue weighted by atomic mass is 32.2. The molecule has 0 heterocycles. The van der Waals surface area contributed by atoms with E-state index in [1.54, 1.807) is 0 Å². The van der Waals surface area contributed by atoms with E-state index in [2.05, 4.69) is 26.1 Å². The Hall–Kier alpha value is -0.0900. The minimum atomic E-state index is -2.96. The first-order valence-corrected chi connectivity index (χ1v) is 9.06. The minimum Gasteiger partial charge on any atom is -0.311 e. The topological polar surface area (TPSA) is 46.2 Å². The van der Waals surface area contributed by atoms with Crippen LogP contribution in [0.25, 0.3) is 0 Å². The lowest BCUT2D eigenvalue weighted by atomic mass is 9.86. The molecular formula is C14H27NO2S. The van der Waals surface area contributed by atoms with Gasteiger partial charge in [0.05, 0.1) is 5.25 Å². The fourth-order valence-electron chi connectivity index (χ4n) is 3.78. The van der Waals surface area contributed by atoms with Crippen molar-refractivity contribution in [1.29, 1.82) is 0 Å². The normalized spacial score (nSPS) is 33.9. The Morgan fingerprint density at radius 1 is 1.22 bits per heavy atom. The van der Waals surface area contributed by atoms with E-state index in [0.717, 1.165) is 12.3 Å². The molecule has 4 heteroatoms. The summed E-state index contributed by atoms with van der Waals surface area (Å²) in [6.07, 6.45) is 6.38. The van der Waals surface area contributed by atoms with Gasteiger partial charge < -0.3 is 5.32 Å². The summed E-state index contributed by atoms with van der Waals surface area (Å²) in [4.78, 5) is 0. The molecule has 2 aliphatic carbocycles. The summed E-state index contributed by atoms with van der Waals surface area (Å²) < 4.78 is 24.1. The van der Waals surface area contributed by atoms with Gasteiger partial charge in [0, 0.05) is 18.3 Å². The van der Waals surface area contributed by atoms with Gasteiger partial charge in [-0.2, -0.15) is 0 Å². The molecule has 4 unspecified atom stereocenters. The van der Waals surface area contributed by atoms with Crippen molar-refractivity contribution >= 4 is 9.84 Å². The molecule has 2 aliphatic rings. The molecule has 106 valence electrons. The van der Waals surface area contributed by atoms with E-state index in [0.29, 0.717) is 18.4 Å². The molecule has 0 aromatic carbocycles. The second kappa shape index (κ2) is 4.78. The molecule has 0 aliphatic heterocycles. The minimum absolute atomic E-state index is 0.0133. The van der Waals surface area contributed by atoms with E-state index in [-0.39, 0.29) is 10.8 Å². The van der Waals surface area contributed by atoms with Crippen LogP contribution in [0.1, 0.15) is 46.5 Å². The molecule has 2 fully saturated rings. The Bertz CT molecular complexity index is 397. The van der Waals surface area contributed by atoms with Crippen LogP contribution >= 0.6 is 0 Å². The summed E-state index contributed by atoms with van der Waals surface area (Å²) in [5, 5.41) is 3.20. The van der Waals surface area contributed by atoms with E-state index < -0.39 is 9.84 Å². The number of hydrogen-bond acceptors (Lipinski definition) is 3. The highest BCUT2D eigenvalue weighted by molar-refractivity contribution is 7.91. The van der Waals surface area contributed by atoms with Gasteiger partial charge in [-0.05, 0) is 57.8 Å². The zero-order valence-electron chi connectivity index (χ0n) is 12.1. The highest BCUT2D eigenvalue weighted by Gasteiger charge is 2.46. The van der Waals surface area contributed by atoms with Crippen LogP contribution in [-0.2, 0) is 9.84 Å². The lowest BCUT2D eigenvalue weighted by molar-refractivity contribution is 0.297. The molecule has 2 saturated carbocycles. The van der Waals surface area contributed by atoms with Crippen molar-refractivity contribution in [2.75, 3.05) is 12.8 Å². The Morgan fingerprint density at radius 2 is 1.89 bits per heavy atom. The second-order valence-electron chi connectivity index (χ2n) is 7.34. The van der Waals surface area contributed by atoms with Crippen LogP contribution in [0, 0.1) is 17.8 Å².